The van der Waals surface area contributed by atoms with E-state index in [-0.39, 0.29) is 10.7 Å². The summed E-state index contributed by atoms with van der Waals surface area (Å²) in [4.78, 5) is 17.7. The zero-order chi connectivity index (χ0) is 16.7. The van der Waals surface area contributed by atoms with Crippen molar-refractivity contribution in [1.29, 1.82) is 0 Å². The third kappa shape index (κ3) is 5.28. The molecule has 7 heteroatoms. The maximum atomic E-state index is 11.4. The first-order valence-corrected chi connectivity index (χ1v) is 9.66. The highest BCUT2D eigenvalue weighted by molar-refractivity contribution is 8.00. The van der Waals surface area contributed by atoms with Crippen molar-refractivity contribution in [3.63, 3.8) is 0 Å². The van der Waals surface area contributed by atoms with Crippen molar-refractivity contribution >= 4 is 23.6 Å². The van der Waals surface area contributed by atoms with Crippen LogP contribution >= 0.6 is 11.8 Å². The average molecular weight is 343 g/mol. The molecule has 2 saturated heterocycles. The third-order valence-electron chi connectivity index (χ3n) is 4.92. The number of likely N-dealkylation sites (tertiary alicyclic amines) is 1. The molecule has 0 radical (unpaired) electrons. The number of nitrogens with zero attached hydrogens (tertiary/aromatic N) is 2. The minimum Gasteiger partial charge on any atom is -0.381 e. The Morgan fingerprint density at radius 2 is 2.00 bits per heavy atom. The standard InChI is InChI=1S/C16H30N4O2S/c1-13(21)20-8-4-14(5-9-20)19-15(17-2)18-12-16(23-3)6-10-22-11-7-16/h14H,4-12H2,1-3H3,(H2,17,18,19). The summed E-state index contributed by atoms with van der Waals surface area (Å²) in [7, 11) is 1.82. The Bertz CT molecular complexity index is 416. The largest absolute Gasteiger partial charge is 0.381 e. The van der Waals surface area contributed by atoms with Gasteiger partial charge in [0.15, 0.2) is 5.96 Å². The summed E-state index contributed by atoms with van der Waals surface area (Å²) in [6.07, 6.45) is 6.29. The Morgan fingerprint density at radius 3 is 2.52 bits per heavy atom. The van der Waals surface area contributed by atoms with E-state index in [9.17, 15) is 4.79 Å². The molecular formula is C16H30N4O2S. The summed E-state index contributed by atoms with van der Waals surface area (Å²) < 4.78 is 5.74. The van der Waals surface area contributed by atoms with Gasteiger partial charge in [0.2, 0.25) is 5.91 Å². The van der Waals surface area contributed by atoms with E-state index in [1.807, 2.05) is 23.7 Å². The van der Waals surface area contributed by atoms with Gasteiger partial charge in [0.05, 0.1) is 0 Å². The lowest BCUT2D eigenvalue weighted by Gasteiger charge is -2.37. The van der Waals surface area contributed by atoms with Crippen LogP contribution in [-0.2, 0) is 9.53 Å². The van der Waals surface area contributed by atoms with Crippen LogP contribution in [0, 0.1) is 0 Å². The lowest BCUT2D eigenvalue weighted by Crippen LogP contribution is -2.52. The molecule has 2 fully saturated rings. The van der Waals surface area contributed by atoms with Gasteiger partial charge in [-0.15, -0.1) is 0 Å². The van der Waals surface area contributed by atoms with E-state index < -0.39 is 0 Å². The predicted molar refractivity (Wildman–Crippen MR) is 96.1 cm³/mol. The summed E-state index contributed by atoms with van der Waals surface area (Å²) in [5, 5.41) is 7.00. The molecule has 0 spiro atoms. The van der Waals surface area contributed by atoms with E-state index in [1.54, 1.807) is 6.92 Å². The molecule has 23 heavy (non-hydrogen) atoms. The summed E-state index contributed by atoms with van der Waals surface area (Å²) >= 11 is 1.93. The Hall–Kier alpha value is -0.950. The first-order chi connectivity index (χ1) is 11.1. The monoisotopic (exact) mass is 342 g/mol. The number of thioether (sulfide) groups is 1. The number of nitrogens with one attached hydrogen (secondary N) is 2. The topological polar surface area (TPSA) is 66.0 Å². The van der Waals surface area contributed by atoms with Gasteiger partial charge in [-0.25, -0.2) is 0 Å². The van der Waals surface area contributed by atoms with Crippen molar-refractivity contribution in [1.82, 2.24) is 15.5 Å². The fourth-order valence-electron chi connectivity index (χ4n) is 3.17. The number of rotatable bonds is 4. The van der Waals surface area contributed by atoms with Crippen molar-refractivity contribution < 1.29 is 9.53 Å². The molecule has 132 valence electrons. The lowest BCUT2D eigenvalue weighted by molar-refractivity contribution is -0.129. The lowest BCUT2D eigenvalue weighted by atomic mass is 9.99. The molecule has 0 aromatic heterocycles. The van der Waals surface area contributed by atoms with E-state index >= 15 is 0 Å². The Balaban J connectivity index is 1.78. The van der Waals surface area contributed by atoms with Crippen LogP contribution in [0.15, 0.2) is 4.99 Å². The maximum absolute atomic E-state index is 11.4. The second-order valence-corrected chi connectivity index (χ2v) is 7.62. The smallest absolute Gasteiger partial charge is 0.219 e. The fourth-order valence-corrected chi connectivity index (χ4v) is 3.96. The summed E-state index contributed by atoms with van der Waals surface area (Å²) in [5.41, 5.74) is 0. The molecule has 0 aromatic carbocycles. The van der Waals surface area contributed by atoms with Gasteiger partial charge in [-0.2, -0.15) is 11.8 Å². The molecule has 2 aliphatic heterocycles. The van der Waals surface area contributed by atoms with Gasteiger partial charge < -0.3 is 20.3 Å². The first-order valence-electron chi connectivity index (χ1n) is 8.44. The molecule has 0 atom stereocenters. The third-order valence-corrected chi connectivity index (χ3v) is 6.34. The van der Waals surface area contributed by atoms with Gasteiger partial charge in [-0.05, 0) is 31.9 Å². The van der Waals surface area contributed by atoms with Crippen LogP contribution in [0.2, 0.25) is 0 Å². The second-order valence-electron chi connectivity index (χ2n) is 6.35. The van der Waals surface area contributed by atoms with E-state index in [0.717, 1.165) is 64.5 Å². The normalized spacial score (nSPS) is 22.7. The number of ether oxygens (including phenoxy) is 1. The molecule has 0 bridgehead atoms. The van der Waals surface area contributed by atoms with Crippen LogP contribution in [0.5, 0.6) is 0 Å². The Labute approximate surface area is 143 Å². The van der Waals surface area contributed by atoms with Gasteiger partial charge in [0, 0.05) is 57.6 Å². The van der Waals surface area contributed by atoms with Crippen LogP contribution in [-0.4, -0.2) is 73.7 Å². The fraction of sp³-hybridized carbons (Fsp3) is 0.875. The predicted octanol–water partition coefficient (Wildman–Crippen LogP) is 1.07. The molecular weight excluding hydrogens is 312 g/mol. The van der Waals surface area contributed by atoms with Crippen molar-refractivity contribution in [2.24, 2.45) is 4.99 Å². The number of hydrogen-bond acceptors (Lipinski definition) is 4. The minimum atomic E-state index is 0.174. The van der Waals surface area contributed by atoms with E-state index in [2.05, 4.69) is 21.9 Å². The number of piperidine rings is 1. The van der Waals surface area contributed by atoms with Crippen molar-refractivity contribution in [2.75, 3.05) is 46.2 Å². The molecule has 2 heterocycles. The molecule has 0 unspecified atom stereocenters. The van der Waals surface area contributed by atoms with Gasteiger partial charge in [-0.1, -0.05) is 0 Å². The Morgan fingerprint density at radius 1 is 1.35 bits per heavy atom. The zero-order valence-electron chi connectivity index (χ0n) is 14.6. The highest BCUT2D eigenvalue weighted by Gasteiger charge is 2.32. The van der Waals surface area contributed by atoms with E-state index in [0.29, 0.717) is 6.04 Å². The van der Waals surface area contributed by atoms with Crippen LogP contribution in [0.25, 0.3) is 0 Å². The number of carbonyl (C=O) groups excluding carboxylic acids is 1. The van der Waals surface area contributed by atoms with Crippen LogP contribution in [0.1, 0.15) is 32.6 Å². The van der Waals surface area contributed by atoms with Crippen molar-refractivity contribution in [3.05, 3.63) is 0 Å². The molecule has 0 aromatic rings. The molecule has 2 rings (SSSR count). The van der Waals surface area contributed by atoms with Gasteiger partial charge in [0.1, 0.15) is 0 Å². The number of guanidine groups is 1. The molecule has 2 aliphatic rings. The minimum absolute atomic E-state index is 0.174. The molecule has 0 aliphatic carbocycles. The molecule has 0 saturated carbocycles. The number of amides is 1. The van der Waals surface area contributed by atoms with Crippen LogP contribution < -0.4 is 10.6 Å². The summed E-state index contributed by atoms with van der Waals surface area (Å²) in [6.45, 7) is 5.90. The first kappa shape index (κ1) is 18.4. The average Bonchev–Trinajstić information content (AvgIpc) is 2.59. The number of aliphatic imine (C=N–C) groups is 1. The molecule has 2 N–H and O–H groups in total. The highest BCUT2D eigenvalue weighted by Crippen LogP contribution is 2.32. The Kier molecular flexibility index (Phi) is 7.02. The van der Waals surface area contributed by atoms with Crippen LogP contribution in [0.3, 0.4) is 0 Å². The van der Waals surface area contributed by atoms with Gasteiger partial charge in [0.25, 0.3) is 0 Å². The second kappa shape index (κ2) is 8.78. The quantitative estimate of drug-likeness (QED) is 0.591. The SMILES string of the molecule is CN=C(NCC1(SC)CCOCC1)NC1CCN(C(C)=O)CC1. The molecule has 6 nitrogen and oxygen atoms in total. The molecule has 1 amide bonds. The summed E-state index contributed by atoms with van der Waals surface area (Å²) in [5.74, 6) is 1.04. The van der Waals surface area contributed by atoms with Crippen molar-refractivity contribution in [3.8, 4) is 0 Å². The van der Waals surface area contributed by atoms with E-state index in [4.69, 9.17) is 4.74 Å². The maximum Gasteiger partial charge on any atom is 0.219 e. The van der Waals surface area contributed by atoms with Gasteiger partial charge in [-0.3, -0.25) is 9.79 Å². The zero-order valence-corrected chi connectivity index (χ0v) is 15.4. The number of carbonyl (C=O) groups is 1. The van der Waals surface area contributed by atoms with Gasteiger partial charge >= 0.3 is 0 Å². The van der Waals surface area contributed by atoms with E-state index in [1.165, 1.54) is 0 Å². The number of hydrogen-bond donors (Lipinski definition) is 2. The summed E-state index contributed by atoms with van der Waals surface area (Å²) in [6, 6.07) is 0.386. The highest BCUT2D eigenvalue weighted by atomic mass is 32.2. The van der Waals surface area contributed by atoms with Crippen molar-refractivity contribution in [2.45, 2.75) is 43.4 Å². The van der Waals surface area contributed by atoms with Crippen LogP contribution in [0.4, 0.5) is 0 Å².